The second kappa shape index (κ2) is 4.40. The maximum absolute atomic E-state index is 11.0. The number of fused-ring (bicyclic) bond motifs is 1. The van der Waals surface area contributed by atoms with Crippen molar-refractivity contribution < 1.29 is 9.90 Å². The lowest BCUT2D eigenvalue weighted by molar-refractivity contribution is 0.0697. The van der Waals surface area contributed by atoms with Crippen LogP contribution < -0.4 is 10.2 Å². The number of rotatable bonds is 1. The van der Waals surface area contributed by atoms with Crippen molar-refractivity contribution in [1.82, 2.24) is 0 Å². The Bertz CT molecular complexity index is 382. The number of anilines is 2. The molecule has 1 aliphatic heterocycles. The molecule has 0 unspecified atom stereocenters. The normalized spacial score (nSPS) is 13.5. The third-order valence-corrected chi connectivity index (χ3v) is 2.41. The van der Waals surface area contributed by atoms with E-state index in [0.717, 1.165) is 24.5 Å². The summed E-state index contributed by atoms with van der Waals surface area (Å²) in [6.07, 6.45) is 0. The van der Waals surface area contributed by atoms with Gasteiger partial charge in [-0.3, -0.25) is 0 Å². The molecule has 2 rings (SSSR count). The first-order valence-electron chi connectivity index (χ1n) is 4.51. The lowest BCUT2D eigenvalue weighted by Crippen LogP contribution is -2.31. The Labute approximate surface area is 94.3 Å². The Morgan fingerprint density at radius 2 is 2.27 bits per heavy atom. The minimum absolute atomic E-state index is 0. The van der Waals surface area contributed by atoms with Crippen LogP contribution in [0.1, 0.15) is 10.4 Å². The molecule has 0 fully saturated rings. The largest absolute Gasteiger partial charge is 0.478 e. The number of likely N-dealkylation sites (N-methyl/N-ethyl adjacent to an activating group) is 1. The summed E-state index contributed by atoms with van der Waals surface area (Å²) in [7, 11) is 1.91. The standard InChI is InChI=1S/C10H12N2O2.ClH/c1-12-6-5-11-8-4-2-3-7(9(8)12)10(13)14;/h2-4,11H,5-6H2,1H3,(H,13,14);1H. The molecule has 0 aromatic heterocycles. The van der Waals surface area contributed by atoms with Crippen LogP contribution in [0.5, 0.6) is 0 Å². The minimum atomic E-state index is -0.877. The smallest absolute Gasteiger partial charge is 0.337 e. The van der Waals surface area contributed by atoms with Crippen LogP contribution in [0, 0.1) is 0 Å². The van der Waals surface area contributed by atoms with E-state index in [4.69, 9.17) is 5.11 Å². The Morgan fingerprint density at radius 3 is 2.93 bits per heavy atom. The van der Waals surface area contributed by atoms with E-state index >= 15 is 0 Å². The highest BCUT2D eigenvalue weighted by Gasteiger charge is 2.19. The van der Waals surface area contributed by atoms with Crippen LogP contribution in [-0.2, 0) is 0 Å². The number of hydrogen-bond acceptors (Lipinski definition) is 3. The number of carboxylic acid groups (broad SMARTS) is 1. The predicted octanol–water partition coefficient (Wildman–Crippen LogP) is 1.67. The quantitative estimate of drug-likeness (QED) is 0.768. The molecule has 0 aliphatic carbocycles. The molecule has 82 valence electrons. The van der Waals surface area contributed by atoms with Crippen LogP contribution in [0.25, 0.3) is 0 Å². The van der Waals surface area contributed by atoms with Crippen molar-refractivity contribution in [2.45, 2.75) is 0 Å². The molecule has 0 atom stereocenters. The van der Waals surface area contributed by atoms with Gasteiger partial charge in [-0.05, 0) is 12.1 Å². The molecule has 0 saturated heterocycles. The fourth-order valence-electron chi connectivity index (χ4n) is 1.74. The number of aromatic carboxylic acids is 1. The van der Waals surface area contributed by atoms with Gasteiger partial charge in [0.25, 0.3) is 0 Å². The third-order valence-electron chi connectivity index (χ3n) is 2.41. The maximum atomic E-state index is 11.0. The van der Waals surface area contributed by atoms with Crippen molar-refractivity contribution in [3.63, 3.8) is 0 Å². The Kier molecular flexibility index (Phi) is 3.42. The van der Waals surface area contributed by atoms with E-state index in [1.807, 2.05) is 18.0 Å². The fraction of sp³-hybridized carbons (Fsp3) is 0.300. The highest BCUT2D eigenvalue weighted by Crippen LogP contribution is 2.31. The van der Waals surface area contributed by atoms with E-state index in [-0.39, 0.29) is 12.4 Å². The number of halogens is 1. The summed E-state index contributed by atoms with van der Waals surface area (Å²) in [5, 5.41) is 12.2. The lowest BCUT2D eigenvalue weighted by Gasteiger charge is -2.29. The predicted molar refractivity (Wildman–Crippen MR) is 62.4 cm³/mol. The zero-order chi connectivity index (χ0) is 10.1. The van der Waals surface area contributed by atoms with E-state index in [9.17, 15) is 4.79 Å². The third kappa shape index (κ3) is 1.99. The molecule has 5 heteroatoms. The summed E-state index contributed by atoms with van der Waals surface area (Å²) < 4.78 is 0. The van der Waals surface area contributed by atoms with Crippen LogP contribution in [0.15, 0.2) is 18.2 Å². The van der Waals surface area contributed by atoms with E-state index in [2.05, 4.69) is 5.32 Å². The Balaban J connectivity index is 0.00000112. The number of para-hydroxylation sites is 1. The SMILES string of the molecule is CN1CCNc2cccc(C(=O)O)c21.Cl. The molecular weight excluding hydrogens is 216 g/mol. The summed E-state index contributed by atoms with van der Waals surface area (Å²) in [6, 6.07) is 5.29. The summed E-state index contributed by atoms with van der Waals surface area (Å²) in [6.45, 7) is 1.68. The minimum Gasteiger partial charge on any atom is -0.478 e. The van der Waals surface area contributed by atoms with Crippen LogP contribution >= 0.6 is 12.4 Å². The van der Waals surface area contributed by atoms with Crippen LogP contribution in [-0.4, -0.2) is 31.2 Å². The van der Waals surface area contributed by atoms with Crippen LogP contribution in [0.3, 0.4) is 0 Å². The maximum Gasteiger partial charge on any atom is 0.337 e. The topological polar surface area (TPSA) is 52.6 Å². The number of benzene rings is 1. The van der Waals surface area contributed by atoms with E-state index in [1.165, 1.54) is 0 Å². The van der Waals surface area contributed by atoms with Crippen molar-refractivity contribution >= 4 is 29.8 Å². The fourth-order valence-corrected chi connectivity index (χ4v) is 1.74. The average molecular weight is 229 g/mol. The molecule has 1 aromatic rings. The molecule has 0 saturated carbocycles. The van der Waals surface area contributed by atoms with Gasteiger partial charge in [-0.1, -0.05) is 6.07 Å². The Hall–Kier alpha value is -1.42. The van der Waals surface area contributed by atoms with Gasteiger partial charge < -0.3 is 15.3 Å². The second-order valence-corrected chi connectivity index (χ2v) is 3.36. The summed E-state index contributed by atoms with van der Waals surface area (Å²) in [5.74, 6) is -0.877. The molecule has 0 bridgehead atoms. The van der Waals surface area contributed by atoms with Crippen LogP contribution in [0.4, 0.5) is 11.4 Å². The van der Waals surface area contributed by atoms with Gasteiger partial charge in [0.05, 0.1) is 16.9 Å². The molecule has 1 aromatic carbocycles. The number of hydrogen-bond donors (Lipinski definition) is 2. The van der Waals surface area contributed by atoms with Gasteiger partial charge in [0, 0.05) is 20.1 Å². The van der Waals surface area contributed by atoms with E-state index in [0.29, 0.717) is 5.56 Å². The van der Waals surface area contributed by atoms with E-state index in [1.54, 1.807) is 12.1 Å². The van der Waals surface area contributed by atoms with Gasteiger partial charge in [0.1, 0.15) is 0 Å². The van der Waals surface area contributed by atoms with Crippen molar-refractivity contribution in [2.24, 2.45) is 0 Å². The lowest BCUT2D eigenvalue weighted by atomic mass is 10.1. The first-order valence-corrected chi connectivity index (χ1v) is 4.51. The number of carboxylic acids is 1. The van der Waals surface area contributed by atoms with Crippen molar-refractivity contribution in [3.8, 4) is 0 Å². The van der Waals surface area contributed by atoms with Crippen molar-refractivity contribution in [3.05, 3.63) is 23.8 Å². The molecule has 15 heavy (non-hydrogen) atoms. The summed E-state index contributed by atoms with van der Waals surface area (Å²) >= 11 is 0. The monoisotopic (exact) mass is 228 g/mol. The van der Waals surface area contributed by atoms with Crippen molar-refractivity contribution in [1.29, 1.82) is 0 Å². The molecule has 0 spiro atoms. The van der Waals surface area contributed by atoms with E-state index < -0.39 is 5.97 Å². The first kappa shape index (κ1) is 11.7. The molecule has 0 radical (unpaired) electrons. The highest BCUT2D eigenvalue weighted by molar-refractivity contribution is 5.98. The zero-order valence-electron chi connectivity index (χ0n) is 8.36. The van der Waals surface area contributed by atoms with Crippen LogP contribution in [0.2, 0.25) is 0 Å². The van der Waals surface area contributed by atoms with Gasteiger partial charge in [-0.15, -0.1) is 12.4 Å². The molecule has 1 aliphatic rings. The molecule has 2 N–H and O–H groups in total. The molecular formula is C10H13ClN2O2. The van der Waals surface area contributed by atoms with Gasteiger partial charge in [-0.25, -0.2) is 4.79 Å². The highest BCUT2D eigenvalue weighted by atomic mass is 35.5. The van der Waals surface area contributed by atoms with Gasteiger partial charge >= 0.3 is 5.97 Å². The average Bonchev–Trinajstić information content (AvgIpc) is 2.17. The number of carbonyl (C=O) groups is 1. The first-order chi connectivity index (χ1) is 6.70. The zero-order valence-corrected chi connectivity index (χ0v) is 9.17. The summed E-state index contributed by atoms with van der Waals surface area (Å²) in [5.41, 5.74) is 2.04. The number of nitrogens with zero attached hydrogens (tertiary/aromatic N) is 1. The second-order valence-electron chi connectivity index (χ2n) is 3.36. The summed E-state index contributed by atoms with van der Waals surface area (Å²) in [4.78, 5) is 12.9. The van der Waals surface area contributed by atoms with Crippen molar-refractivity contribution in [2.75, 3.05) is 30.4 Å². The van der Waals surface area contributed by atoms with Gasteiger partial charge in [0.2, 0.25) is 0 Å². The molecule has 4 nitrogen and oxygen atoms in total. The Morgan fingerprint density at radius 1 is 1.53 bits per heavy atom. The van der Waals surface area contributed by atoms with Gasteiger partial charge in [-0.2, -0.15) is 0 Å². The molecule has 1 heterocycles. The number of nitrogens with one attached hydrogen (secondary N) is 1. The molecule has 0 amide bonds. The van der Waals surface area contributed by atoms with Gasteiger partial charge in [0.15, 0.2) is 0 Å².